The lowest BCUT2D eigenvalue weighted by molar-refractivity contribution is 0.482. The molecule has 0 amide bonds. The third-order valence-corrected chi connectivity index (χ3v) is 2.53. The summed E-state index contributed by atoms with van der Waals surface area (Å²) in [5.41, 5.74) is 0.973. The van der Waals surface area contributed by atoms with E-state index in [1.54, 1.807) is 0 Å². The lowest BCUT2D eigenvalue weighted by Crippen LogP contribution is -1.90. The number of nitrogens with zero attached hydrogens (tertiary/aromatic N) is 1. The van der Waals surface area contributed by atoms with Crippen LogP contribution < -0.4 is 4.74 Å². The van der Waals surface area contributed by atoms with Gasteiger partial charge in [-0.05, 0) is 36.8 Å². The largest absolute Gasteiger partial charge is 0.457 e. The van der Waals surface area contributed by atoms with E-state index in [1.165, 1.54) is 0 Å². The maximum Gasteiger partial charge on any atom is 0.127 e. The Labute approximate surface area is 101 Å². The van der Waals surface area contributed by atoms with Crippen LogP contribution in [0.25, 0.3) is 0 Å². The Hall–Kier alpha value is -2.27. The summed E-state index contributed by atoms with van der Waals surface area (Å²) in [7, 11) is 0. The number of hydrogen-bond donors (Lipinski definition) is 0. The molecule has 2 rings (SSSR count). The van der Waals surface area contributed by atoms with Gasteiger partial charge < -0.3 is 4.74 Å². The average Bonchev–Trinajstić information content (AvgIpc) is 2.39. The molecule has 0 saturated carbocycles. The first-order chi connectivity index (χ1) is 8.29. The lowest BCUT2D eigenvalue weighted by atomic mass is 10.0. The van der Waals surface area contributed by atoms with E-state index in [0.29, 0.717) is 0 Å². The quantitative estimate of drug-likeness (QED) is 0.784. The van der Waals surface area contributed by atoms with Crippen LogP contribution in [0.4, 0.5) is 0 Å². The molecule has 2 heteroatoms. The molecule has 0 unspecified atom stereocenters. The second kappa shape index (κ2) is 5.18. The lowest BCUT2D eigenvalue weighted by Gasteiger charge is -2.08. The first-order valence-corrected chi connectivity index (χ1v) is 5.52. The van der Waals surface area contributed by atoms with Gasteiger partial charge in [0.05, 0.1) is 12.0 Å². The second-order valence-electron chi connectivity index (χ2n) is 3.84. The molecule has 0 heterocycles. The minimum atomic E-state index is -0.116. The summed E-state index contributed by atoms with van der Waals surface area (Å²) in [5.74, 6) is 1.44. The summed E-state index contributed by atoms with van der Waals surface area (Å²) in [6.07, 6.45) is 0. The molecule has 0 aliphatic heterocycles. The molecular weight excluding hydrogens is 210 g/mol. The van der Waals surface area contributed by atoms with Crippen molar-refractivity contribution in [2.75, 3.05) is 0 Å². The fourth-order valence-electron chi connectivity index (χ4n) is 1.55. The van der Waals surface area contributed by atoms with Gasteiger partial charge in [-0.1, -0.05) is 30.3 Å². The summed E-state index contributed by atoms with van der Waals surface area (Å²) in [5, 5.41) is 8.88. The smallest absolute Gasteiger partial charge is 0.127 e. The number of para-hydroxylation sites is 1. The summed E-state index contributed by atoms with van der Waals surface area (Å²) >= 11 is 0. The normalized spacial score (nSPS) is 11.5. The van der Waals surface area contributed by atoms with Crippen LogP contribution in [0.2, 0.25) is 0 Å². The number of hydrogen-bond acceptors (Lipinski definition) is 2. The fraction of sp³-hybridized carbons (Fsp3) is 0.133. The molecule has 17 heavy (non-hydrogen) atoms. The van der Waals surface area contributed by atoms with Crippen LogP contribution in [0.3, 0.4) is 0 Å². The minimum absolute atomic E-state index is 0.116. The van der Waals surface area contributed by atoms with E-state index in [1.807, 2.05) is 61.5 Å². The van der Waals surface area contributed by atoms with Crippen molar-refractivity contribution in [2.45, 2.75) is 12.8 Å². The summed E-state index contributed by atoms with van der Waals surface area (Å²) in [6.45, 7) is 1.88. The van der Waals surface area contributed by atoms with Gasteiger partial charge in [0.1, 0.15) is 11.5 Å². The molecule has 84 valence electrons. The van der Waals surface area contributed by atoms with Gasteiger partial charge in [-0.3, -0.25) is 0 Å². The molecule has 2 aromatic rings. The molecule has 0 aliphatic carbocycles. The predicted molar refractivity (Wildman–Crippen MR) is 67.0 cm³/mol. The van der Waals surface area contributed by atoms with E-state index >= 15 is 0 Å². The van der Waals surface area contributed by atoms with Crippen molar-refractivity contribution < 1.29 is 4.74 Å². The maximum absolute atomic E-state index is 8.88. The minimum Gasteiger partial charge on any atom is -0.457 e. The van der Waals surface area contributed by atoms with E-state index in [4.69, 9.17) is 10.00 Å². The first-order valence-electron chi connectivity index (χ1n) is 5.52. The molecule has 0 fully saturated rings. The van der Waals surface area contributed by atoms with E-state index in [-0.39, 0.29) is 5.92 Å². The molecule has 1 atom stereocenters. The number of benzene rings is 2. The van der Waals surface area contributed by atoms with Gasteiger partial charge in [0, 0.05) is 0 Å². The fourth-order valence-corrected chi connectivity index (χ4v) is 1.55. The van der Waals surface area contributed by atoms with Crippen molar-refractivity contribution in [1.29, 1.82) is 5.26 Å². The molecule has 2 nitrogen and oxygen atoms in total. The highest BCUT2D eigenvalue weighted by atomic mass is 16.5. The Bertz CT molecular complexity index is 528. The van der Waals surface area contributed by atoms with Gasteiger partial charge in [-0.15, -0.1) is 0 Å². The molecule has 2 aromatic carbocycles. The number of rotatable bonds is 3. The molecule has 0 saturated heterocycles. The van der Waals surface area contributed by atoms with Crippen LogP contribution in [0, 0.1) is 11.3 Å². The van der Waals surface area contributed by atoms with Crippen LogP contribution in [0.15, 0.2) is 54.6 Å². The first kappa shape index (κ1) is 11.2. The highest BCUT2D eigenvalue weighted by Gasteiger charge is 2.05. The third kappa shape index (κ3) is 2.85. The van der Waals surface area contributed by atoms with Crippen molar-refractivity contribution in [3.8, 4) is 17.6 Å². The van der Waals surface area contributed by atoms with Crippen LogP contribution in [-0.4, -0.2) is 0 Å². The van der Waals surface area contributed by atoms with Gasteiger partial charge in [0.25, 0.3) is 0 Å². The number of ether oxygens (including phenoxy) is 1. The van der Waals surface area contributed by atoms with Crippen LogP contribution in [0.1, 0.15) is 18.4 Å². The predicted octanol–water partition coefficient (Wildman–Crippen LogP) is 4.11. The van der Waals surface area contributed by atoms with Crippen molar-refractivity contribution in [3.05, 3.63) is 60.2 Å². The van der Waals surface area contributed by atoms with E-state index in [2.05, 4.69) is 6.07 Å². The van der Waals surface area contributed by atoms with E-state index in [9.17, 15) is 0 Å². The maximum atomic E-state index is 8.88. The van der Waals surface area contributed by atoms with Gasteiger partial charge in [0.2, 0.25) is 0 Å². The van der Waals surface area contributed by atoms with Crippen LogP contribution in [0.5, 0.6) is 11.5 Å². The Morgan fingerprint density at radius 2 is 1.71 bits per heavy atom. The van der Waals surface area contributed by atoms with Gasteiger partial charge in [-0.25, -0.2) is 0 Å². The third-order valence-electron chi connectivity index (χ3n) is 2.53. The molecule has 0 radical (unpaired) electrons. The Balaban J connectivity index is 2.20. The van der Waals surface area contributed by atoms with Crippen molar-refractivity contribution in [1.82, 2.24) is 0 Å². The molecule has 0 aliphatic rings. The average molecular weight is 223 g/mol. The van der Waals surface area contributed by atoms with E-state index in [0.717, 1.165) is 17.1 Å². The molecule has 0 N–H and O–H groups in total. The Morgan fingerprint density at radius 3 is 2.41 bits per heavy atom. The van der Waals surface area contributed by atoms with Crippen molar-refractivity contribution in [2.24, 2.45) is 0 Å². The zero-order valence-electron chi connectivity index (χ0n) is 9.63. The highest BCUT2D eigenvalue weighted by Crippen LogP contribution is 2.24. The van der Waals surface area contributed by atoms with Crippen LogP contribution >= 0.6 is 0 Å². The van der Waals surface area contributed by atoms with Crippen molar-refractivity contribution in [3.63, 3.8) is 0 Å². The van der Waals surface area contributed by atoms with Crippen LogP contribution in [-0.2, 0) is 0 Å². The highest BCUT2D eigenvalue weighted by molar-refractivity contribution is 5.36. The molecular formula is C15H13NO. The SMILES string of the molecule is C[C@@H](C#N)c1cccc(Oc2ccccc2)c1. The molecule has 0 bridgehead atoms. The summed E-state index contributed by atoms with van der Waals surface area (Å²) < 4.78 is 5.70. The topological polar surface area (TPSA) is 33.0 Å². The Morgan fingerprint density at radius 1 is 1.00 bits per heavy atom. The monoisotopic (exact) mass is 223 g/mol. The summed E-state index contributed by atoms with van der Waals surface area (Å²) in [6, 6.07) is 19.5. The second-order valence-corrected chi connectivity index (χ2v) is 3.84. The number of nitriles is 1. The standard InChI is InChI=1S/C15H13NO/c1-12(11-16)13-6-5-9-15(10-13)17-14-7-3-2-4-8-14/h2-10,12H,1H3/t12-/m0/s1. The zero-order valence-corrected chi connectivity index (χ0v) is 9.63. The molecule has 0 spiro atoms. The zero-order chi connectivity index (χ0) is 12.1. The van der Waals surface area contributed by atoms with Gasteiger partial charge >= 0.3 is 0 Å². The van der Waals surface area contributed by atoms with E-state index < -0.39 is 0 Å². The van der Waals surface area contributed by atoms with Gasteiger partial charge in [0.15, 0.2) is 0 Å². The Kier molecular flexibility index (Phi) is 3.42. The van der Waals surface area contributed by atoms with Crippen molar-refractivity contribution >= 4 is 0 Å². The molecule has 0 aromatic heterocycles. The summed E-state index contributed by atoms with van der Waals surface area (Å²) in [4.78, 5) is 0. The van der Waals surface area contributed by atoms with Gasteiger partial charge in [-0.2, -0.15) is 5.26 Å².